The minimum absolute atomic E-state index is 0.149. The first-order chi connectivity index (χ1) is 15.4. The van der Waals surface area contributed by atoms with Crippen LogP contribution in [0.25, 0.3) is 11.0 Å². The zero-order valence-corrected chi connectivity index (χ0v) is 20.5. The van der Waals surface area contributed by atoms with Crippen LogP contribution in [0.15, 0.2) is 29.6 Å². The molecule has 32 heavy (non-hydrogen) atoms. The Labute approximate surface area is 201 Å². The highest BCUT2D eigenvalue weighted by atomic mass is 35.5. The molecule has 1 aromatic carbocycles. The molecule has 2 N–H and O–H groups in total. The maximum Gasteiger partial charge on any atom is 0.258 e. The maximum atomic E-state index is 12.2. The molecule has 0 atom stereocenters. The first kappa shape index (κ1) is 24.4. The lowest BCUT2D eigenvalue weighted by atomic mass is 10.2. The summed E-state index contributed by atoms with van der Waals surface area (Å²) in [5, 5.41) is 13.1. The molecule has 2 aromatic heterocycles. The van der Waals surface area contributed by atoms with Crippen molar-refractivity contribution in [2.24, 2.45) is 5.92 Å². The molecule has 0 unspecified atom stereocenters. The summed E-state index contributed by atoms with van der Waals surface area (Å²) in [6.07, 6.45) is 1.76. The topological polar surface area (TPSA) is 94.0 Å². The predicted octanol–water partition coefficient (Wildman–Crippen LogP) is 4.51. The van der Waals surface area contributed by atoms with E-state index in [0.717, 1.165) is 29.1 Å². The number of nitrogens with one attached hydrogen (secondary N) is 2. The number of hydrogen-bond donors (Lipinski definition) is 2. The van der Waals surface area contributed by atoms with Gasteiger partial charge in [-0.3, -0.25) is 4.79 Å². The molecule has 2 heterocycles. The zero-order valence-electron chi connectivity index (χ0n) is 18.2. The molecule has 0 saturated heterocycles. The third-order valence-corrected chi connectivity index (χ3v) is 5.59. The number of hydrogen-bond acceptors (Lipinski definition) is 7. The van der Waals surface area contributed by atoms with Crippen molar-refractivity contribution in [1.29, 1.82) is 0 Å². The molecular formula is C21H26Cl2N6O2S. The number of carbonyl (C=O) groups excluding carboxylic acids is 1. The van der Waals surface area contributed by atoms with E-state index in [1.807, 2.05) is 0 Å². The van der Waals surface area contributed by atoms with Crippen molar-refractivity contribution in [1.82, 2.24) is 25.1 Å². The molecule has 0 fully saturated rings. The molecule has 11 heteroatoms. The van der Waals surface area contributed by atoms with Crippen LogP contribution in [0, 0.1) is 5.92 Å². The van der Waals surface area contributed by atoms with Crippen LogP contribution in [0.2, 0.25) is 10.0 Å². The number of ether oxygens (including phenoxy) is 1. The van der Waals surface area contributed by atoms with Gasteiger partial charge in [-0.25, -0.2) is 14.6 Å². The van der Waals surface area contributed by atoms with Crippen LogP contribution in [0.5, 0.6) is 5.75 Å². The van der Waals surface area contributed by atoms with Crippen LogP contribution in [-0.2, 0) is 11.3 Å². The number of fused-ring (bicyclic) bond motifs is 1. The van der Waals surface area contributed by atoms with Gasteiger partial charge in [0.2, 0.25) is 0 Å². The van der Waals surface area contributed by atoms with Crippen molar-refractivity contribution in [2.75, 3.05) is 30.8 Å². The summed E-state index contributed by atoms with van der Waals surface area (Å²) in [4.78, 5) is 21.4. The Hall–Kier alpha value is -2.23. The normalized spacial score (nSPS) is 11.2. The highest BCUT2D eigenvalue weighted by Crippen LogP contribution is 2.27. The molecule has 3 rings (SSSR count). The summed E-state index contributed by atoms with van der Waals surface area (Å²) in [7, 11) is 0. The van der Waals surface area contributed by atoms with Gasteiger partial charge in [-0.15, -0.1) is 0 Å². The monoisotopic (exact) mass is 496 g/mol. The van der Waals surface area contributed by atoms with Gasteiger partial charge < -0.3 is 15.4 Å². The first-order valence-electron chi connectivity index (χ1n) is 10.3. The van der Waals surface area contributed by atoms with Crippen LogP contribution < -0.4 is 15.4 Å². The van der Waals surface area contributed by atoms with Crippen molar-refractivity contribution >= 4 is 57.7 Å². The van der Waals surface area contributed by atoms with Crippen LogP contribution >= 0.6 is 35.0 Å². The van der Waals surface area contributed by atoms with E-state index >= 15 is 0 Å². The number of anilines is 1. The third-order valence-electron chi connectivity index (χ3n) is 4.33. The van der Waals surface area contributed by atoms with Crippen molar-refractivity contribution in [3.8, 4) is 5.75 Å². The predicted molar refractivity (Wildman–Crippen MR) is 130 cm³/mol. The molecule has 0 aliphatic heterocycles. The summed E-state index contributed by atoms with van der Waals surface area (Å²) >= 11 is 13.5. The number of rotatable bonds is 11. The number of amides is 1. The molecule has 0 spiro atoms. The van der Waals surface area contributed by atoms with Crippen LogP contribution in [-0.4, -0.2) is 51.1 Å². The second-order valence-electron chi connectivity index (χ2n) is 7.38. The first-order valence-corrected chi connectivity index (χ1v) is 12.1. The summed E-state index contributed by atoms with van der Waals surface area (Å²) in [6, 6.07) is 4.85. The number of aromatic nitrogens is 4. The molecule has 0 aliphatic carbocycles. The molecule has 0 saturated carbocycles. The van der Waals surface area contributed by atoms with Crippen LogP contribution in [0.4, 0.5) is 5.82 Å². The second kappa shape index (κ2) is 11.6. The molecular weight excluding hydrogens is 471 g/mol. The van der Waals surface area contributed by atoms with Crippen molar-refractivity contribution in [3.63, 3.8) is 0 Å². The van der Waals surface area contributed by atoms with Gasteiger partial charge in [0.15, 0.2) is 17.4 Å². The van der Waals surface area contributed by atoms with Gasteiger partial charge in [0.1, 0.15) is 11.6 Å². The van der Waals surface area contributed by atoms with E-state index in [1.165, 1.54) is 0 Å². The van der Waals surface area contributed by atoms with Gasteiger partial charge in [-0.1, -0.05) is 55.7 Å². The molecule has 1 amide bonds. The van der Waals surface area contributed by atoms with E-state index in [0.29, 0.717) is 40.0 Å². The van der Waals surface area contributed by atoms with Gasteiger partial charge in [0, 0.05) is 18.1 Å². The van der Waals surface area contributed by atoms with Crippen molar-refractivity contribution in [2.45, 2.75) is 32.5 Å². The number of benzene rings is 1. The average molecular weight is 497 g/mol. The Bertz CT molecular complexity index is 1080. The smallest absolute Gasteiger partial charge is 0.258 e. The number of carbonyl (C=O) groups is 1. The van der Waals surface area contributed by atoms with Gasteiger partial charge in [-0.2, -0.15) is 5.10 Å². The molecule has 0 bridgehead atoms. The van der Waals surface area contributed by atoms with E-state index in [4.69, 9.17) is 27.9 Å². The van der Waals surface area contributed by atoms with Gasteiger partial charge in [-0.05, 0) is 29.9 Å². The molecule has 0 aliphatic rings. The number of halogens is 2. The van der Waals surface area contributed by atoms with Crippen LogP contribution in [0.1, 0.15) is 20.8 Å². The molecule has 8 nitrogen and oxygen atoms in total. The Morgan fingerprint density at radius 2 is 2.09 bits per heavy atom. The fourth-order valence-corrected chi connectivity index (χ4v) is 3.84. The molecule has 3 aromatic rings. The van der Waals surface area contributed by atoms with Gasteiger partial charge >= 0.3 is 0 Å². The van der Waals surface area contributed by atoms with E-state index < -0.39 is 0 Å². The van der Waals surface area contributed by atoms with Crippen LogP contribution in [0.3, 0.4) is 0 Å². The number of thioether (sulfide) groups is 1. The summed E-state index contributed by atoms with van der Waals surface area (Å²) in [6.45, 7) is 7.85. The fraction of sp³-hybridized carbons (Fsp3) is 0.429. The van der Waals surface area contributed by atoms with Gasteiger partial charge in [0.05, 0.1) is 23.2 Å². The molecule has 172 valence electrons. The molecule has 0 radical (unpaired) electrons. The average Bonchev–Trinajstić information content (AvgIpc) is 3.14. The summed E-state index contributed by atoms with van der Waals surface area (Å²) in [5.41, 5.74) is 0.737. The lowest BCUT2D eigenvalue weighted by Crippen LogP contribution is -2.31. The third kappa shape index (κ3) is 6.63. The maximum absolute atomic E-state index is 12.2. The SMILES string of the molecule is CCSc1nc(NCC(C)C)c2cnn(CCNC(=O)COc3ccc(Cl)cc3Cl)c2n1. The Morgan fingerprint density at radius 1 is 1.28 bits per heavy atom. The summed E-state index contributed by atoms with van der Waals surface area (Å²) < 4.78 is 7.23. The fourth-order valence-electron chi connectivity index (χ4n) is 2.82. The van der Waals surface area contributed by atoms with E-state index in [2.05, 4.69) is 46.5 Å². The van der Waals surface area contributed by atoms with Crippen molar-refractivity contribution < 1.29 is 9.53 Å². The van der Waals surface area contributed by atoms with E-state index in [9.17, 15) is 4.79 Å². The Morgan fingerprint density at radius 3 is 2.81 bits per heavy atom. The zero-order chi connectivity index (χ0) is 23.1. The Balaban J connectivity index is 1.61. The van der Waals surface area contributed by atoms with Gasteiger partial charge in [0.25, 0.3) is 5.91 Å². The number of nitrogens with zero attached hydrogens (tertiary/aromatic N) is 4. The lowest BCUT2D eigenvalue weighted by Gasteiger charge is -2.11. The van der Waals surface area contributed by atoms with E-state index in [1.54, 1.807) is 40.8 Å². The highest BCUT2D eigenvalue weighted by molar-refractivity contribution is 7.99. The standard InChI is InChI=1S/C21H26Cl2N6O2S/c1-4-32-21-27-19(25-10-13(2)3)15-11-26-29(20(15)28-21)8-7-24-18(30)12-31-17-6-5-14(22)9-16(17)23/h5-6,9,11,13H,4,7-8,10,12H2,1-3H3,(H,24,30)(H,25,27,28). The lowest BCUT2D eigenvalue weighted by molar-refractivity contribution is -0.123. The second-order valence-corrected chi connectivity index (χ2v) is 9.46. The van der Waals surface area contributed by atoms with Crippen molar-refractivity contribution in [3.05, 3.63) is 34.4 Å². The minimum Gasteiger partial charge on any atom is -0.482 e. The largest absolute Gasteiger partial charge is 0.482 e. The highest BCUT2D eigenvalue weighted by Gasteiger charge is 2.14. The quantitative estimate of drug-likeness (QED) is 0.297. The minimum atomic E-state index is -0.261. The summed E-state index contributed by atoms with van der Waals surface area (Å²) in [5.74, 6) is 2.28. The Kier molecular flexibility index (Phi) is 8.84. The van der Waals surface area contributed by atoms with E-state index in [-0.39, 0.29) is 12.5 Å².